The van der Waals surface area contributed by atoms with Crippen LogP contribution in [0.3, 0.4) is 0 Å². The molecule has 0 radical (unpaired) electrons. The first-order valence-electron chi connectivity index (χ1n) is 6.35. The summed E-state index contributed by atoms with van der Waals surface area (Å²) in [5.41, 5.74) is -0.638. The molecule has 4 nitrogen and oxygen atoms in total. The highest BCUT2D eigenvalue weighted by atomic mass is 32.2. The molecule has 0 aliphatic heterocycles. The van der Waals surface area contributed by atoms with Gasteiger partial charge in [-0.1, -0.05) is 6.07 Å². The summed E-state index contributed by atoms with van der Waals surface area (Å²) in [6.07, 6.45) is 0.840. The van der Waals surface area contributed by atoms with E-state index >= 15 is 0 Å². The molecule has 1 heterocycles. The lowest BCUT2D eigenvalue weighted by molar-refractivity contribution is 0.387. The quantitative estimate of drug-likeness (QED) is 0.485. The van der Waals surface area contributed by atoms with Crippen LogP contribution >= 0.6 is 0 Å². The Labute approximate surface area is 130 Å². The third-order valence-electron chi connectivity index (χ3n) is 3.14. The number of aromatic nitrogens is 1. The standard InChI is InChI=1S/C14H12F4N2O2S/c1-20(2)23(21,22)14-9(7-8-5-3-4-6-19-8)10(15)11(16)12(17)13(14)18/h3-6H,7H2,1-2H3. The van der Waals surface area contributed by atoms with Gasteiger partial charge in [-0.15, -0.1) is 0 Å². The predicted octanol–water partition coefficient (Wildman–Crippen LogP) is 2.48. The summed E-state index contributed by atoms with van der Waals surface area (Å²) < 4.78 is 80.1. The SMILES string of the molecule is CN(C)S(=O)(=O)c1c(F)c(F)c(F)c(F)c1Cc1ccccn1. The van der Waals surface area contributed by atoms with Crippen molar-refractivity contribution < 1.29 is 26.0 Å². The Bertz CT molecular complexity index is 840. The lowest BCUT2D eigenvalue weighted by Crippen LogP contribution is -2.26. The third-order valence-corrected chi connectivity index (χ3v) is 5.04. The maximum atomic E-state index is 14.1. The van der Waals surface area contributed by atoms with Crippen LogP contribution in [0.15, 0.2) is 29.3 Å². The van der Waals surface area contributed by atoms with E-state index in [9.17, 15) is 26.0 Å². The molecule has 0 fully saturated rings. The molecule has 1 aromatic carbocycles. The summed E-state index contributed by atoms with van der Waals surface area (Å²) in [4.78, 5) is 2.62. The van der Waals surface area contributed by atoms with Crippen molar-refractivity contribution in [3.63, 3.8) is 0 Å². The molecule has 23 heavy (non-hydrogen) atoms. The number of hydrogen-bond donors (Lipinski definition) is 0. The monoisotopic (exact) mass is 348 g/mol. The van der Waals surface area contributed by atoms with Gasteiger partial charge < -0.3 is 0 Å². The molecule has 0 unspecified atom stereocenters. The van der Waals surface area contributed by atoms with Gasteiger partial charge in [-0.05, 0) is 12.1 Å². The minimum Gasteiger partial charge on any atom is -0.261 e. The first-order valence-corrected chi connectivity index (χ1v) is 7.79. The highest BCUT2D eigenvalue weighted by Crippen LogP contribution is 2.30. The zero-order valence-corrected chi connectivity index (χ0v) is 13.0. The van der Waals surface area contributed by atoms with Gasteiger partial charge in [0.05, 0.1) is 0 Å². The largest absolute Gasteiger partial charge is 0.261 e. The fourth-order valence-electron chi connectivity index (χ4n) is 1.95. The second-order valence-electron chi connectivity index (χ2n) is 4.85. The average Bonchev–Trinajstić information content (AvgIpc) is 2.51. The van der Waals surface area contributed by atoms with E-state index in [2.05, 4.69) is 4.98 Å². The molecule has 0 saturated carbocycles. The van der Waals surface area contributed by atoms with Crippen LogP contribution in [0.2, 0.25) is 0 Å². The first-order chi connectivity index (χ1) is 10.7. The van der Waals surface area contributed by atoms with Crippen LogP contribution in [0.4, 0.5) is 17.6 Å². The minimum atomic E-state index is -4.54. The first kappa shape index (κ1) is 17.4. The second-order valence-corrected chi connectivity index (χ2v) is 6.94. The Hall–Kier alpha value is -2.00. The van der Waals surface area contributed by atoms with Crippen molar-refractivity contribution in [1.82, 2.24) is 9.29 Å². The molecule has 0 bridgehead atoms. The van der Waals surface area contributed by atoms with E-state index in [1.165, 1.54) is 18.3 Å². The summed E-state index contributed by atoms with van der Waals surface area (Å²) in [5, 5.41) is 0. The topological polar surface area (TPSA) is 50.3 Å². The summed E-state index contributed by atoms with van der Waals surface area (Å²) in [7, 11) is -2.40. The van der Waals surface area contributed by atoms with E-state index in [1.54, 1.807) is 6.07 Å². The fraction of sp³-hybridized carbons (Fsp3) is 0.214. The Morgan fingerprint density at radius 2 is 1.61 bits per heavy atom. The molecular weight excluding hydrogens is 336 g/mol. The molecule has 0 N–H and O–H groups in total. The molecular formula is C14H12F4N2O2S. The maximum Gasteiger partial charge on any atom is 0.245 e. The lowest BCUT2D eigenvalue weighted by atomic mass is 10.1. The van der Waals surface area contributed by atoms with Crippen LogP contribution < -0.4 is 0 Å². The van der Waals surface area contributed by atoms with Gasteiger partial charge in [-0.3, -0.25) is 4.98 Å². The van der Waals surface area contributed by atoms with Gasteiger partial charge in [0.25, 0.3) is 0 Å². The normalized spacial score (nSPS) is 12.0. The summed E-state index contributed by atoms with van der Waals surface area (Å²) in [6, 6.07) is 4.52. The fourth-order valence-corrected chi connectivity index (χ4v) is 3.10. The van der Waals surface area contributed by atoms with Crippen LogP contribution in [0.1, 0.15) is 11.3 Å². The molecule has 0 aliphatic rings. The average molecular weight is 348 g/mol. The van der Waals surface area contributed by atoms with Crippen molar-refractivity contribution in [3.8, 4) is 0 Å². The number of rotatable bonds is 4. The molecule has 1 aromatic heterocycles. The number of nitrogens with zero attached hydrogens (tertiary/aromatic N) is 2. The maximum absolute atomic E-state index is 14.1. The van der Waals surface area contributed by atoms with Crippen LogP contribution in [-0.4, -0.2) is 31.8 Å². The van der Waals surface area contributed by atoms with Crippen molar-refractivity contribution >= 4 is 10.0 Å². The molecule has 0 aliphatic carbocycles. The molecule has 0 amide bonds. The van der Waals surface area contributed by atoms with E-state index in [-0.39, 0.29) is 5.69 Å². The van der Waals surface area contributed by atoms with E-state index in [1.807, 2.05) is 0 Å². The highest BCUT2D eigenvalue weighted by Gasteiger charge is 2.34. The van der Waals surface area contributed by atoms with Crippen LogP contribution in [0, 0.1) is 23.3 Å². The van der Waals surface area contributed by atoms with E-state index in [4.69, 9.17) is 0 Å². The van der Waals surface area contributed by atoms with E-state index in [0.29, 0.717) is 4.31 Å². The second kappa shape index (κ2) is 6.25. The summed E-state index contributed by atoms with van der Waals surface area (Å²) in [6.45, 7) is 0. The van der Waals surface area contributed by atoms with Crippen molar-refractivity contribution in [2.24, 2.45) is 0 Å². The summed E-state index contributed by atoms with van der Waals surface area (Å²) >= 11 is 0. The lowest BCUT2D eigenvalue weighted by Gasteiger charge is -2.17. The Morgan fingerprint density at radius 1 is 1.00 bits per heavy atom. The molecule has 2 aromatic rings. The zero-order valence-electron chi connectivity index (χ0n) is 12.1. The van der Waals surface area contributed by atoms with Gasteiger partial charge in [-0.25, -0.2) is 30.3 Å². The number of pyridine rings is 1. The van der Waals surface area contributed by atoms with Gasteiger partial charge in [0.2, 0.25) is 10.0 Å². The number of benzene rings is 1. The molecule has 2 rings (SSSR count). The zero-order chi connectivity index (χ0) is 17.4. The Kier molecular flexibility index (Phi) is 4.71. The van der Waals surface area contributed by atoms with Crippen LogP contribution in [0.25, 0.3) is 0 Å². The van der Waals surface area contributed by atoms with Crippen molar-refractivity contribution in [1.29, 1.82) is 0 Å². The third kappa shape index (κ3) is 3.06. The number of hydrogen-bond acceptors (Lipinski definition) is 3. The molecule has 0 saturated heterocycles. The predicted molar refractivity (Wildman–Crippen MR) is 74.2 cm³/mol. The number of sulfonamides is 1. The molecule has 0 spiro atoms. The van der Waals surface area contributed by atoms with Gasteiger partial charge in [0.15, 0.2) is 23.3 Å². The smallest absolute Gasteiger partial charge is 0.245 e. The highest BCUT2D eigenvalue weighted by molar-refractivity contribution is 7.89. The van der Waals surface area contributed by atoms with Gasteiger partial charge in [0, 0.05) is 38.0 Å². The van der Waals surface area contributed by atoms with Crippen molar-refractivity contribution in [2.45, 2.75) is 11.3 Å². The van der Waals surface area contributed by atoms with Crippen molar-refractivity contribution in [3.05, 3.63) is 58.9 Å². The Balaban J connectivity index is 2.79. The van der Waals surface area contributed by atoms with E-state index in [0.717, 1.165) is 14.1 Å². The van der Waals surface area contributed by atoms with Crippen LogP contribution in [-0.2, 0) is 16.4 Å². The van der Waals surface area contributed by atoms with E-state index < -0.39 is 50.2 Å². The molecule has 9 heteroatoms. The van der Waals surface area contributed by atoms with Gasteiger partial charge in [0.1, 0.15) is 4.90 Å². The van der Waals surface area contributed by atoms with Gasteiger partial charge >= 0.3 is 0 Å². The summed E-state index contributed by atoms with van der Waals surface area (Å²) in [5.74, 6) is -7.95. The molecule has 124 valence electrons. The minimum absolute atomic E-state index is 0.173. The van der Waals surface area contributed by atoms with Crippen LogP contribution in [0.5, 0.6) is 0 Å². The Morgan fingerprint density at radius 3 is 2.13 bits per heavy atom. The molecule has 0 atom stereocenters. The number of halogens is 4. The van der Waals surface area contributed by atoms with Crippen molar-refractivity contribution in [2.75, 3.05) is 14.1 Å². The van der Waals surface area contributed by atoms with Gasteiger partial charge in [-0.2, -0.15) is 0 Å².